The summed E-state index contributed by atoms with van der Waals surface area (Å²) in [6.45, 7) is 0. The van der Waals surface area contributed by atoms with Crippen molar-refractivity contribution in [1.82, 2.24) is 0 Å². The Bertz CT molecular complexity index is 343. The number of hydrogen-bond acceptors (Lipinski definition) is 1. The molecule has 1 saturated carbocycles. The van der Waals surface area contributed by atoms with Gasteiger partial charge in [0.1, 0.15) is 5.82 Å². The summed E-state index contributed by atoms with van der Waals surface area (Å²) in [6, 6.07) is 6.34. The van der Waals surface area contributed by atoms with Crippen molar-refractivity contribution in [3.05, 3.63) is 35.6 Å². The monoisotopic (exact) mass is 236 g/mol. The van der Waals surface area contributed by atoms with Crippen molar-refractivity contribution in [2.24, 2.45) is 5.92 Å². The van der Waals surface area contributed by atoms with Gasteiger partial charge in [-0.25, -0.2) is 4.39 Å². The van der Waals surface area contributed by atoms with Crippen LogP contribution in [0.2, 0.25) is 0 Å². The highest BCUT2D eigenvalue weighted by atomic mass is 19.1. The SMILES string of the molecule is OC(CC1CCCCCC1)c1cccc(F)c1. The Balaban J connectivity index is 1.93. The van der Waals surface area contributed by atoms with Crippen LogP contribution in [-0.4, -0.2) is 5.11 Å². The lowest BCUT2D eigenvalue weighted by Gasteiger charge is -2.18. The molecule has 1 atom stereocenters. The molecule has 0 radical (unpaired) electrons. The normalized spacial score (nSPS) is 19.9. The molecule has 1 nitrogen and oxygen atoms in total. The van der Waals surface area contributed by atoms with E-state index in [1.807, 2.05) is 6.07 Å². The Morgan fingerprint density at radius 2 is 1.88 bits per heavy atom. The van der Waals surface area contributed by atoms with Gasteiger partial charge in [0.15, 0.2) is 0 Å². The van der Waals surface area contributed by atoms with Gasteiger partial charge in [-0.1, -0.05) is 50.7 Å². The molecule has 0 saturated heterocycles. The molecule has 94 valence electrons. The zero-order valence-electron chi connectivity index (χ0n) is 10.2. The minimum Gasteiger partial charge on any atom is -0.388 e. The average molecular weight is 236 g/mol. The third kappa shape index (κ3) is 3.81. The number of rotatable bonds is 3. The second-order valence-electron chi connectivity index (χ2n) is 5.16. The van der Waals surface area contributed by atoms with E-state index in [2.05, 4.69) is 0 Å². The van der Waals surface area contributed by atoms with Crippen LogP contribution in [0.5, 0.6) is 0 Å². The third-order valence-electron chi connectivity index (χ3n) is 3.76. The van der Waals surface area contributed by atoms with Crippen LogP contribution in [0, 0.1) is 11.7 Å². The highest BCUT2D eigenvalue weighted by Crippen LogP contribution is 2.31. The Morgan fingerprint density at radius 1 is 1.18 bits per heavy atom. The van der Waals surface area contributed by atoms with Gasteiger partial charge in [-0.05, 0) is 30.0 Å². The zero-order chi connectivity index (χ0) is 12.1. The molecule has 1 fully saturated rings. The standard InChI is InChI=1S/C15H21FO/c16-14-9-5-8-13(11-14)15(17)10-12-6-3-1-2-4-7-12/h5,8-9,11-12,15,17H,1-4,6-7,10H2. The summed E-state index contributed by atoms with van der Waals surface area (Å²) < 4.78 is 13.1. The van der Waals surface area contributed by atoms with Crippen LogP contribution in [0.1, 0.15) is 56.6 Å². The van der Waals surface area contributed by atoms with Crippen LogP contribution in [0.25, 0.3) is 0 Å². The molecule has 2 heteroatoms. The number of aliphatic hydroxyl groups excluding tert-OH is 1. The molecule has 0 aromatic heterocycles. The maximum Gasteiger partial charge on any atom is 0.123 e. The Labute approximate surface area is 103 Å². The van der Waals surface area contributed by atoms with E-state index in [1.165, 1.54) is 50.7 Å². The minimum absolute atomic E-state index is 0.262. The van der Waals surface area contributed by atoms with E-state index in [0.717, 1.165) is 6.42 Å². The van der Waals surface area contributed by atoms with Gasteiger partial charge in [-0.2, -0.15) is 0 Å². The summed E-state index contributed by atoms with van der Waals surface area (Å²) in [4.78, 5) is 0. The molecule has 2 rings (SSSR count). The van der Waals surface area contributed by atoms with Crippen LogP contribution in [-0.2, 0) is 0 Å². The third-order valence-corrected chi connectivity index (χ3v) is 3.76. The van der Waals surface area contributed by atoms with Crippen LogP contribution < -0.4 is 0 Å². The molecule has 0 aliphatic heterocycles. The van der Waals surface area contributed by atoms with Crippen LogP contribution in [0.4, 0.5) is 4.39 Å². The fourth-order valence-electron chi connectivity index (χ4n) is 2.77. The van der Waals surface area contributed by atoms with Crippen molar-refractivity contribution in [3.63, 3.8) is 0 Å². The van der Waals surface area contributed by atoms with E-state index in [0.29, 0.717) is 11.5 Å². The molecule has 1 aromatic carbocycles. The second-order valence-corrected chi connectivity index (χ2v) is 5.16. The van der Waals surface area contributed by atoms with Crippen LogP contribution >= 0.6 is 0 Å². The lowest BCUT2D eigenvalue weighted by Crippen LogP contribution is -2.07. The minimum atomic E-state index is -0.506. The van der Waals surface area contributed by atoms with E-state index >= 15 is 0 Å². The second kappa shape index (κ2) is 6.15. The highest BCUT2D eigenvalue weighted by Gasteiger charge is 2.17. The lowest BCUT2D eigenvalue weighted by molar-refractivity contribution is 0.138. The molecule has 0 bridgehead atoms. The van der Waals surface area contributed by atoms with E-state index in [-0.39, 0.29) is 5.82 Å². The van der Waals surface area contributed by atoms with Gasteiger partial charge in [0.05, 0.1) is 6.10 Å². The van der Waals surface area contributed by atoms with Gasteiger partial charge in [0.25, 0.3) is 0 Å². The smallest absolute Gasteiger partial charge is 0.123 e. The van der Waals surface area contributed by atoms with E-state index in [1.54, 1.807) is 6.07 Å². The quantitative estimate of drug-likeness (QED) is 0.779. The maximum absolute atomic E-state index is 13.1. The summed E-state index contributed by atoms with van der Waals surface area (Å²) >= 11 is 0. The molecule has 1 N–H and O–H groups in total. The van der Waals surface area contributed by atoms with E-state index in [9.17, 15) is 9.50 Å². The maximum atomic E-state index is 13.1. The zero-order valence-corrected chi connectivity index (χ0v) is 10.2. The number of aliphatic hydroxyl groups is 1. The summed E-state index contributed by atoms with van der Waals surface area (Å²) in [5, 5.41) is 10.1. The molecular weight excluding hydrogens is 215 g/mol. The predicted molar refractivity (Wildman–Crippen MR) is 67.2 cm³/mol. The molecule has 1 aliphatic rings. The van der Waals surface area contributed by atoms with Crippen molar-refractivity contribution < 1.29 is 9.50 Å². The summed E-state index contributed by atoms with van der Waals surface area (Å²) in [5.74, 6) is 0.346. The molecule has 1 aromatic rings. The first kappa shape index (κ1) is 12.6. The van der Waals surface area contributed by atoms with Crippen molar-refractivity contribution in [1.29, 1.82) is 0 Å². The Kier molecular flexibility index (Phi) is 4.55. The Hall–Kier alpha value is -0.890. The fraction of sp³-hybridized carbons (Fsp3) is 0.600. The van der Waals surface area contributed by atoms with Crippen LogP contribution in [0.3, 0.4) is 0 Å². The molecule has 1 unspecified atom stereocenters. The molecular formula is C15H21FO. The van der Waals surface area contributed by atoms with Crippen LogP contribution in [0.15, 0.2) is 24.3 Å². The fourth-order valence-corrected chi connectivity index (χ4v) is 2.77. The van der Waals surface area contributed by atoms with Crippen molar-refractivity contribution in [2.45, 2.75) is 51.0 Å². The molecule has 17 heavy (non-hydrogen) atoms. The molecule has 0 heterocycles. The van der Waals surface area contributed by atoms with Gasteiger partial charge < -0.3 is 5.11 Å². The molecule has 1 aliphatic carbocycles. The number of hydrogen-bond donors (Lipinski definition) is 1. The van der Waals surface area contributed by atoms with Crippen molar-refractivity contribution in [2.75, 3.05) is 0 Å². The van der Waals surface area contributed by atoms with Gasteiger partial charge in [0, 0.05) is 0 Å². The van der Waals surface area contributed by atoms with E-state index in [4.69, 9.17) is 0 Å². The predicted octanol–water partition coefficient (Wildman–Crippen LogP) is 4.22. The summed E-state index contributed by atoms with van der Waals surface area (Å²) in [7, 11) is 0. The van der Waals surface area contributed by atoms with E-state index < -0.39 is 6.10 Å². The first-order chi connectivity index (χ1) is 8.25. The molecule has 0 spiro atoms. The average Bonchev–Trinajstić information content (AvgIpc) is 2.57. The lowest BCUT2D eigenvalue weighted by atomic mass is 9.91. The Morgan fingerprint density at radius 3 is 2.53 bits per heavy atom. The first-order valence-corrected chi connectivity index (χ1v) is 6.69. The van der Waals surface area contributed by atoms with Crippen molar-refractivity contribution in [3.8, 4) is 0 Å². The van der Waals surface area contributed by atoms with Crippen molar-refractivity contribution >= 4 is 0 Å². The number of benzene rings is 1. The number of halogens is 1. The highest BCUT2D eigenvalue weighted by molar-refractivity contribution is 5.18. The van der Waals surface area contributed by atoms with Gasteiger partial charge in [-0.3, -0.25) is 0 Å². The van der Waals surface area contributed by atoms with Gasteiger partial charge >= 0.3 is 0 Å². The first-order valence-electron chi connectivity index (χ1n) is 6.69. The topological polar surface area (TPSA) is 20.2 Å². The molecule has 0 amide bonds. The van der Waals surface area contributed by atoms with Gasteiger partial charge in [0.2, 0.25) is 0 Å². The summed E-state index contributed by atoms with van der Waals surface area (Å²) in [5.41, 5.74) is 0.717. The van der Waals surface area contributed by atoms with Gasteiger partial charge in [-0.15, -0.1) is 0 Å². The largest absolute Gasteiger partial charge is 0.388 e. The summed E-state index contributed by atoms with van der Waals surface area (Å²) in [6.07, 6.45) is 7.91.